The van der Waals surface area contributed by atoms with Crippen molar-refractivity contribution in [3.8, 4) is 5.75 Å². The van der Waals surface area contributed by atoms with Crippen LogP contribution in [0.25, 0.3) is 5.76 Å². The van der Waals surface area contributed by atoms with Gasteiger partial charge in [0.25, 0.3) is 11.7 Å². The van der Waals surface area contributed by atoms with Crippen molar-refractivity contribution in [3.05, 3.63) is 98.5 Å². The molecule has 1 aliphatic rings. The van der Waals surface area contributed by atoms with Gasteiger partial charge in [-0.1, -0.05) is 80.4 Å². The molecule has 1 saturated heterocycles. The molecule has 1 atom stereocenters. The quantitative estimate of drug-likeness (QED) is 0.199. The third-order valence-electron chi connectivity index (χ3n) is 6.58. The Balaban J connectivity index is 1.91. The van der Waals surface area contributed by atoms with Crippen molar-refractivity contribution >= 4 is 52.3 Å². The van der Waals surface area contributed by atoms with Crippen LogP contribution in [0.15, 0.2) is 66.2 Å². The van der Waals surface area contributed by atoms with E-state index in [4.69, 9.17) is 33.0 Å². The van der Waals surface area contributed by atoms with E-state index >= 15 is 0 Å². The van der Waals surface area contributed by atoms with Gasteiger partial charge in [0.15, 0.2) is 5.75 Å². The number of Topliss-reactive ketones (excluding diaryl/α,β-unsaturated/α-hetero) is 1. The summed E-state index contributed by atoms with van der Waals surface area (Å²) in [7, 11) is 1.40. The van der Waals surface area contributed by atoms with E-state index < -0.39 is 29.5 Å². The van der Waals surface area contributed by atoms with E-state index in [1.807, 2.05) is 24.3 Å². The van der Waals surface area contributed by atoms with Crippen molar-refractivity contribution in [2.45, 2.75) is 38.6 Å². The van der Waals surface area contributed by atoms with Crippen molar-refractivity contribution in [1.29, 1.82) is 0 Å². The second-order valence-electron chi connectivity index (χ2n) is 10.3. The molecule has 1 amide bonds. The number of aliphatic hydroxyl groups is 1. The molecule has 2 N–H and O–H groups in total. The highest BCUT2D eigenvalue weighted by atomic mass is 35.5. The monoisotopic (exact) mass is 567 g/mol. The molecule has 202 valence electrons. The lowest BCUT2D eigenvalue weighted by atomic mass is 9.85. The number of carbonyl (C=O) groups excluding carboxylic acids is 2. The summed E-state index contributed by atoms with van der Waals surface area (Å²) in [4.78, 5) is 39.3. The van der Waals surface area contributed by atoms with Gasteiger partial charge in [0, 0.05) is 11.3 Å². The van der Waals surface area contributed by atoms with E-state index in [1.54, 1.807) is 24.3 Å². The second kappa shape index (κ2) is 10.8. The number of hydrogen-bond donors (Lipinski definition) is 2. The van der Waals surface area contributed by atoms with Crippen LogP contribution in [0.3, 0.4) is 0 Å². The van der Waals surface area contributed by atoms with E-state index in [1.165, 1.54) is 24.1 Å². The SMILES string of the molecule is COc1c(Cl)cc(/C(O)=C2\C(=O)C(=O)N(c3ccc(CC(=O)O)cc3)C2c2ccc(C(C)(C)C)cc2)cc1Cl. The van der Waals surface area contributed by atoms with Gasteiger partial charge >= 0.3 is 5.97 Å². The highest BCUT2D eigenvalue weighted by molar-refractivity contribution is 6.51. The van der Waals surface area contributed by atoms with E-state index in [0.717, 1.165) is 5.56 Å². The summed E-state index contributed by atoms with van der Waals surface area (Å²) in [5.74, 6) is -2.92. The summed E-state index contributed by atoms with van der Waals surface area (Å²) < 4.78 is 5.18. The first-order valence-electron chi connectivity index (χ1n) is 12.1. The normalized spacial score (nSPS) is 17.0. The highest BCUT2D eigenvalue weighted by Crippen LogP contribution is 2.44. The van der Waals surface area contributed by atoms with Crippen LogP contribution >= 0.6 is 23.2 Å². The Bertz CT molecular complexity index is 1460. The standard InChI is InChI=1S/C30H27Cl2NO6/c1-30(2,3)19-9-7-17(8-10-19)25-24(26(36)18-14-21(31)28(39-4)22(32)15-18)27(37)29(38)33(25)20-11-5-16(6-12-20)13-23(34)35/h5-12,14-15,25,36H,13H2,1-4H3,(H,34,35)/b26-24+. The molecular formula is C30H27Cl2NO6. The number of aliphatic hydroxyl groups excluding tert-OH is 1. The molecule has 1 unspecified atom stereocenters. The van der Waals surface area contributed by atoms with Gasteiger partial charge in [0.1, 0.15) is 5.76 Å². The molecule has 0 aromatic heterocycles. The number of ketones is 1. The molecule has 3 aromatic carbocycles. The molecule has 1 fully saturated rings. The maximum atomic E-state index is 13.4. The van der Waals surface area contributed by atoms with Gasteiger partial charge < -0.3 is 14.9 Å². The minimum absolute atomic E-state index is 0.126. The van der Waals surface area contributed by atoms with Crippen LogP contribution in [0, 0.1) is 0 Å². The van der Waals surface area contributed by atoms with Crippen LogP contribution in [-0.2, 0) is 26.2 Å². The first-order chi connectivity index (χ1) is 18.3. The van der Waals surface area contributed by atoms with E-state index in [2.05, 4.69) is 20.8 Å². The third kappa shape index (κ3) is 5.51. The number of amides is 1. The lowest BCUT2D eigenvalue weighted by Gasteiger charge is -2.27. The number of halogens is 2. The summed E-state index contributed by atoms with van der Waals surface area (Å²) in [5, 5.41) is 20.8. The predicted molar refractivity (Wildman–Crippen MR) is 151 cm³/mol. The maximum absolute atomic E-state index is 13.4. The van der Waals surface area contributed by atoms with Gasteiger partial charge in [-0.25, -0.2) is 0 Å². The largest absolute Gasteiger partial charge is 0.507 e. The predicted octanol–water partition coefficient (Wildman–Crippen LogP) is 6.55. The average molecular weight is 568 g/mol. The number of methoxy groups -OCH3 is 1. The molecule has 4 rings (SSSR count). The molecule has 0 saturated carbocycles. The Morgan fingerprint density at radius 1 is 0.949 bits per heavy atom. The van der Waals surface area contributed by atoms with Crippen molar-refractivity contribution in [2.24, 2.45) is 0 Å². The number of carboxylic acid groups (broad SMARTS) is 1. The number of benzene rings is 3. The van der Waals surface area contributed by atoms with Gasteiger partial charge in [-0.2, -0.15) is 0 Å². The number of hydrogen-bond acceptors (Lipinski definition) is 5. The molecule has 9 heteroatoms. The Morgan fingerprint density at radius 2 is 1.51 bits per heavy atom. The summed E-state index contributed by atoms with van der Waals surface area (Å²) in [6.07, 6.45) is -0.185. The number of carboxylic acids is 1. The van der Waals surface area contributed by atoms with Crippen molar-refractivity contribution in [1.82, 2.24) is 0 Å². The first kappa shape index (κ1) is 28.2. The minimum atomic E-state index is -0.987. The first-order valence-corrected chi connectivity index (χ1v) is 12.8. The lowest BCUT2D eigenvalue weighted by Crippen LogP contribution is -2.29. The van der Waals surface area contributed by atoms with Crippen LogP contribution in [-0.4, -0.2) is 35.0 Å². The van der Waals surface area contributed by atoms with Crippen LogP contribution < -0.4 is 9.64 Å². The molecule has 0 bridgehead atoms. The van der Waals surface area contributed by atoms with Gasteiger partial charge in [-0.05, 0) is 46.4 Å². The third-order valence-corrected chi connectivity index (χ3v) is 7.14. The van der Waals surface area contributed by atoms with Crippen LogP contribution in [0.1, 0.15) is 49.1 Å². The second-order valence-corrected chi connectivity index (χ2v) is 11.1. The number of rotatable bonds is 6. The Kier molecular flexibility index (Phi) is 7.77. The van der Waals surface area contributed by atoms with Gasteiger partial charge in [-0.3, -0.25) is 19.3 Å². The summed E-state index contributed by atoms with van der Waals surface area (Å²) in [6.45, 7) is 6.22. The molecule has 1 heterocycles. The number of nitrogens with zero attached hydrogens (tertiary/aromatic N) is 1. The van der Waals surface area contributed by atoms with Gasteiger partial charge in [-0.15, -0.1) is 0 Å². The average Bonchev–Trinajstić information content (AvgIpc) is 3.13. The molecule has 1 aliphatic heterocycles. The van der Waals surface area contributed by atoms with Crippen molar-refractivity contribution < 1.29 is 29.3 Å². The maximum Gasteiger partial charge on any atom is 0.307 e. The summed E-state index contributed by atoms with van der Waals surface area (Å²) in [5.41, 5.74) is 2.46. The van der Waals surface area contributed by atoms with Crippen LogP contribution in [0.4, 0.5) is 5.69 Å². The molecule has 0 radical (unpaired) electrons. The van der Waals surface area contributed by atoms with Gasteiger partial charge in [0.2, 0.25) is 0 Å². The fourth-order valence-electron chi connectivity index (χ4n) is 4.58. The molecular weight excluding hydrogens is 541 g/mol. The van der Waals surface area contributed by atoms with Gasteiger partial charge in [0.05, 0.1) is 35.2 Å². The minimum Gasteiger partial charge on any atom is -0.507 e. The number of anilines is 1. The fraction of sp³-hybridized carbons (Fsp3) is 0.233. The van der Waals surface area contributed by atoms with E-state index in [0.29, 0.717) is 16.8 Å². The zero-order valence-electron chi connectivity index (χ0n) is 21.8. The van der Waals surface area contributed by atoms with Crippen molar-refractivity contribution in [3.63, 3.8) is 0 Å². The molecule has 7 nitrogen and oxygen atoms in total. The summed E-state index contributed by atoms with van der Waals surface area (Å²) >= 11 is 12.6. The molecule has 0 aliphatic carbocycles. The number of ether oxygens (including phenoxy) is 1. The Morgan fingerprint density at radius 3 is 2.00 bits per heavy atom. The molecule has 39 heavy (non-hydrogen) atoms. The fourth-order valence-corrected chi connectivity index (χ4v) is 5.22. The topological polar surface area (TPSA) is 104 Å². The van der Waals surface area contributed by atoms with E-state index in [-0.39, 0.29) is 38.8 Å². The molecule has 3 aromatic rings. The van der Waals surface area contributed by atoms with Crippen LogP contribution in [0.5, 0.6) is 5.75 Å². The van der Waals surface area contributed by atoms with E-state index in [9.17, 15) is 19.5 Å². The Hall–Kier alpha value is -3.81. The van der Waals surface area contributed by atoms with Crippen molar-refractivity contribution in [2.75, 3.05) is 12.0 Å². The van der Waals surface area contributed by atoms with Crippen LogP contribution in [0.2, 0.25) is 10.0 Å². The Labute approximate surface area is 236 Å². The zero-order valence-corrected chi connectivity index (χ0v) is 23.3. The highest BCUT2D eigenvalue weighted by Gasteiger charge is 2.47. The molecule has 0 spiro atoms. The smallest absolute Gasteiger partial charge is 0.307 e. The summed E-state index contributed by atoms with van der Waals surface area (Å²) in [6, 6.07) is 15.7. The lowest BCUT2D eigenvalue weighted by molar-refractivity contribution is -0.136. The number of aliphatic carboxylic acids is 1. The zero-order chi connectivity index (χ0) is 28.6. The number of carbonyl (C=O) groups is 3.